The molecule has 0 aliphatic carbocycles. The fraction of sp³-hybridized carbons (Fsp3) is 0.588. The number of carboxylic acids is 1. The van der Waals surface area contributed by atoms with E-state index in [-0.39, 0.29) is 29.2 Å². The van der Waals surface area contributed by atoms with Gasteiger partial charge in [-0.1, -0.05) is 13.8 Å². The van der Waals surface area contributed by atoms with Gasteiger partial charge in [-0.15, -0.1) is 0 Å². The summed E-state index contributed by atoms with van der Waals surface area (Å²) in [5.74, 6) is -1.08. The highest BCUT2D eigenvalue weighted by Crippen LogP contribution is 2.20. The molecule has 1 aromatic heterocycles. The van der Waals surface area contributed by atoms with Crippen molar-refractivity contribution in [2.24, 2.45) is 0 Å². The lowest BCUT2D eigenvalue weighted by Crippen LogP contribution is -2.49. The molecule has 132 valence electrons. The lowest BCUT2D eigenvalue weighted by atomic mass is 10.0. The molecule has 1 aromatic rings. The number of likely N-dealkylation sites (tertiary alicyclic amines) is 1. The molecule has 0 spiro atoms. The van der Waals surface area contributed by atoms with Crippen LogP contribution in [-0.4, -0.2) is 46.9 Å². The van der Waals surface area contributed by atoms with Crippen LogP contribution in [0.3, 0.4) is 0 Å². The maximum Gasteiger partial charge on any atom is 0.339 e. The number of aryl methyl sites for hydroxylation is 1. The van der Waals surface area contributed by atoms with E-state index in [1.807, 2.05) is 6.92 Å². The molecule has 2 heterocycles. The number of rotatable bonds is 6. The van der Waals surface area contributed by atoms with Crippen LogP contribution in [0.2, 0.25) is 0 Å². The molecule has 1 atom stereocenters. The highest BCUT2D eigenvalue weighted by molar-refractivity contribution is 5.96. The lowest BCUT2D eigenvalue weighted by Gasteiger charge is -2.32. The molecule has 1 aliphatic heterocycles. The number of nitrogens with one attached hydrogen (secondary N) is 1. The number of carbonyl (C=O) groups excluding carboxylic acids is 2. The second kappa shape index (κ2) is 7.99. The third-order valence-corrected chi connectivity index (χ3v) is 4.12. The van der Waals surface area contributed by atoms with Crippen molar-refractivity contribution in [3.8, 4) is 0 Å². The zero-order valence-electron chi connectivity index (χ0n) is 14.1. The molecule has 24 heavy (non-hydrogen) atoms. The van der Waals surface area contributed by atoms with E-state index in [1.165, 1.54) is 6.07 Å². The normalized spacial score (nSPS) is 17.6. The summed E-state index contributed by atoms with van der Waals surface area (Å²) in [6.45, 7) is 4.71. The van der Waals surface area contributed by atoms with Crippen molar-refractivity contribution in [3.63, 3.8) is 0 Å². The Labute approximate surface area is 141 Å². The van der Waals surface area contributed by atoms with E-state index in [1.54, 1.807) is 11.8 Å². The van der Waals surface area contributed by atoms with E-state index in [0.717, 1.165) is 19.3 Å². The molecule has 7 heteroatoms. The molecule has 1 saturated heterocycles. The number of piperidine rings is 1. The van der Waals surface area contributed by atoms with Gasteiger partial charge in [-0.2, -0.15) is 0 Å². The monoisotopic (exact) mass is 336 g/mol. The smallest absolute Gasteiger partial charge is 0.339 e. The van der Waals surface area contributed by atoms with Gasteiger partial charge in [0, 0.05) is 38.0 Å². The minimum Gasteiger partial charge on any atom is -0.478 e. The Kier molecular flexibility index (Phi) is 6.00. The van der Waals surface area contributed by atoms with E-state index >= 15 is 0 Å². The van der Waals surface area contributed by atoms with Crippen LogP contribution in [0, 0.1) is 0 Å². The van der Waals surface area contributed by atoms with Gasteiger partial charge in [0.15, 0.2) is 5.76 Å². The second-order valence-electron chi connectivity index (χ2n) is 6.01. The van der Waals surface area contributed by atoms with E-state index in [9.17, 15) is 14.4 Å². The Morgan fingerprint density at radius 1 is 1.38 bits per heavy atom. The van der Waals surface area contributed by atoms with Crippen LogP contribution in [0.5, 0.6) is 0 Å². The third kappa shape index (κ3) is 4.15. The Hall–Kier alpha value is -2.31. The molecule has 0 radical (unpaired) electrons. The van der Waals surface area contributed by atoms with Crippen molar-refractivity contribution in [2.75, 3.05) is 13.1 Å². The number of amides is 2. The van der Waals surface area contributed by atoms with Crippen LogP contribution in [0.15, 0.2) is 10.5 Å². The Morgan fingerprint density at radius 3 is 2.71 bits per heavy atom. The third-order valence-electron chi connectivity index (χ3n) is 4.12. The standard InChI is InChI=1S/C17H24N2O5/c1-3-6-15(20)18-11-7-5-8-19(10-11)16(21)14-9-12(17(22)23)13(4-2)24-14/h9,11H,3-8,10H2,1-2H3,(H,18,20)(H,22,23). The summed E-state index contributed by atoms with van der Waals surface area (Å²) >= 11 is 0. The van der Waals surface area contributed by atoms with Crippen molar-refractivity contribution in [1.82, 2.24) is 10.2 Å². The first-order valence-electron chi connectivity index (χ1n) is 8.40. The predicted molar refractivity (Wildman–Crippen MR) is 87.0 cm³/mol. The van der Waals surface area contributed by atoms with Gasteiger partial charge in [0.2, 0.25) is 5.91 Å². The first kappa shape index (κ1) is 18.0. The average Bonchev–Trinajstić information content (AvgIpc) is 2.99. The van der Waals surface area contributed by atoms with Crippen molar-refractivity contribution in [3.05, 3.63) is 23.2 Å². The molecule has 2 amide bonds. The molecule has 0 saturated carbocycles. The Bertz CT molecular complexity index is 622. The Morgan fingerprint density at radius 2 is 2.12 bits per heavy atom. The van der Waals surface area contributed by atoms with Crippen LogP contribution < -0.4 is 5.32 Å². The van der Waals surface area contributed by atoms with Crippen molar-refractivity contribution >= 4 is 17.8 Å². The van der Waals surface area contributed by atoms with Gasteiger partial charge in [-0.3, -0.25) is 9.59 Å². The van der Waals surface area contributed by atoms with Gasteiger partial charge in [-0.25, -0.2) is 4.79 Å². The summed E-state index contributed by atoms with van der Waals surface area (Å²) in [6, 6.07) is 1.23. The zero-order valence-corrected chi connectivity index (χ0v) is 14.1. The van der Waals surface area contributed by atoms with E-state index in [0.29, 0.717) is 31.7 Å². The van der Waals surface area contributed by atoms with Gasteiger partial charge < -0.3 is 19.7 Å². The minimum atomic E-state index is -1.10. The lowest BCUT2D eigenvalue weighted by molar-refractivity contribution is -0.122. The molecule has 2 N–H and O–H groups in total. The molecule has 0 bridgehead atoms. The van der Waals surface area contributed by atoms with Gasteiger partial charge in [0.25, 0.3) is 5.91 Å². The van der Waals surface area contributed by atoms with Gasteiger partial charge in [0.1, 0.15) is 11.3 Å². The van der Waals surface area contributed by atoms with Gasteiger partial charge in [0.05, 0.1) is 0 Å². The fourth-order valence-electron chi connectivity index (χ4n) is 2.94. The van der Waals surface area contributed by atoms with Crippen LogP contribution in [0.1, 0.15) is 66.2 Å². The van der Waals surface area contributed by atoms with Crippen molar-refractivity contribution < 1.29 is 23.9 Å². The topological polar surface area (TPSA) is 99.9 Å². The fourth-order valence-corrected chi connectivity index (χ4v) is 2.94. The maximum atomic E-state index is 12.6. The molecular formula is C17H24N2O5. The number of furan rings is 1. The van der Waals surface area contributed by atoms with E-state index < -0.39 is 5.97 Å². The summed E-state index contributed by atoms with van der Waals surface area (Å²) in [5.41, 5.74) is 0.0330. The van der Waals surface area contributed by atoms with Gasteiger partial charge in [-0.05, 0) is 19.3 Å². The number of nitrogens with zero attached hydrogens (tertiary/aromatic N) is 1. The highest BCUT2D eigenvalue weighted by atomic mass is 16.4. The zero-order chi connectivity index (χ0) is 17.7. The average molecular weight is 336 g/mol. The second-order valence-corrected chi connectivity index (χ2v) is 6.01. The number of carboxylic acid groups (broad SMARTS) is 1. The maximum absolute atomic E-state index is 12.6. The highest BCUT2D eigenvalue weighted by Gasteiger charge is 2.28. The number of aromatic carboxylic acids is 1. The van der Waals surface area contributed by atoms with Crippen molar-refractivity contribution in [1.29, 1.82) is 0 Å². The van der Waals surface area contributed by atoms with Crippen LogP contribution in [0.25, 0.3) is 0 Å². The summed E-state index contributed by atoms with van der Waals surface area (Å²) in [4.78, 5) is 37.1. The number of hydrogen-bond donors (Lipinski definition) is 2. The summed E-state index contributed by atoms with van der Waals surface area (Å²) < 4.78 is 5.44. The quantitative estimate of drug-likeness (QED) is 0.828. The largest absolute Gasteiger partial charge is 0.478 e. The molecule has 0 aromatic carbocycles. The predicted octanol–water partition coefficient (Wildman–Crippen LogP) is 2.06. The molecule has 1 aliphatic rings. The molecular weight excluding hydrogens is 312 g/mol. The van der Waals surface area contributed by atoms with Crippen molar-refractivity contribution in [2.45, 2.75) is 52.0 Å². The Balaban J connectivity index is 2.06. The first-order valence-corrected chi connectivity index (χ1v) is 8.40. The number of hydrogen-bond acceptors (Lipinski definition) is 4. The van der Waals surface area contributed by atoms with Crippen LogP contribution in [-0.2, 0) is 11.2 Å². The van der Waals surface area contributed by atoms with E-state index in [4.69, 9.17) is 9.52 Å². The minimum absolute atomic E-state index is 0.00349. The molecule has 7 nitrogen and oxygen atoms in total. The SMILES string of the molecule is CCCC(=O)NC1CCCN(C(=O)c2cc(C(=O)O)c(CC)o2)C1. The molecule has 1 fully saturated rings. The van der Waals surface area contributed by atoms with Gasteiger partial charge >= 0.3 is 5.97 Å². The molecule has 2 rings (SSSR count). The molecule has 1 unspecified atom stereocenters. The first-order chi connectivity index (χ1) is 11.5. The van der Waals surface area contributed by atoms with Crippen LogP contribution >= 0.6 is 0 Å². The van der Waals surface area contributed by atoms with Crippen LogP contribution in [0.4, 0.5) is 0 Å². The summed E-state index contributed by atoms with van der Waals surface area (Å²) in [6.07, 6.45) is 3.29. The van der Waals surface area contributed by atoms with E-state index in [2.05, 4.69) is 5.32 Å². The number of carbonyl (C=O) groups is 3. The summed E-state index contributed by atoms with van der Waals surface area (Å²) in [5, 5.41) is 12.1. The summed E-state index contributed by atoms with van der Waals surface area (Å²) in [7, 11) is 0.